The van der Waals surface area contributed by atoms with E-state index in [0.717, 1.165) is 135 Å². The highest BCUT2D eigenvalue weighted by Gasteiger charge is 2.19. The molecule has 0 rings (SSSR count). The Morgan fingerprint density at radius 2 is 0.583 bits per heavy atom. The van der Waals surface area contributed by atoms with Gasteiger partial charge in [0, 0.05) is 19.3 Å². The van der Waals surface area contributed by atoms with Crippen LogP contribution in [0.2, 0.25) is 0 Å². The number of ether oxygens (including phenoxy) is 3. The lowest BCUT2D eigenvalue weighted by Gasteiger charge is -2.18. The summed E-state index contributed by atoms with van der Waals surface area (Å²) in [7, 11) is 0. The van der Waals surface area contributed by atoms with Crippen LogP contribution in [-0.2, 0) is 28.6 Å². The third-order valence-electron chi connectivity index (χ3n) is 11.8. The van der Waals surface area contributed by atoms with Gasteiger partial charge in [-0.25, -0.2) is 0 Å². The first-order valence-electron chi connectivity index (χ1n) is 29.2. The van der Waals surface area contributed by atoms with Gasteiger partial charge in [0.25, 0.3) is 0 Å². The first-order valence-corrected chi connectivity index (χ1v) is 29.2. The van der Waals surface area contributed by atoms with Crippen molar-refractivity contribution in [2.24, 2.45) is 0 Å². The van der Waals surface area contributed by atoms with E-state index in [-0.39, 0.29) is 37.5 Å². The minimum absolute atomic E-state index is 0.107. The first kappa shape index (κ1) is 67.5. The Kier molecular flexibility index (Phi) is 55.5. The molecule has 0 saturated carbocycles. The summed E-state index contributed by atoms with van der Waals surface area (Å²) in [5, 5.41) is 0. The maximum absolute atomic E-state index is 12.8. The first-order chi connectivity index (χ1) is 35.5. The molecule has 0 bridgehead atoms. The quantitative estimate of drug-likeness (QED) is 0.0261. The maximum Gasteiger partial charge on any atom is 0.306 e. The molecule has 1 unspecified atom stereocenters. The van der Waals surface area contributed by atoms with Gasteiger partial charge >= 0.3 is 17.9 Å². The van der Waals surface area contributed by atoms with E-state index in [2.05, 4.69) is 154 Å². The minimum atomic E-state index is -0.813. The molecule has 0 saturated heterocycles. The average molecular weight is 996 g/mol. The predicted octanol–water partition coefficient (Wildman–Crippen LogP) is 19.8. The van der Waals surface area contributed by atoms with Crippen molar-refractivity contribution in [3.8, 4) is 0 Å². The number of unbranched alkanes of at least 4 members (excludes halogenated alkanes) is 18. The Hall–Kier alpha value is -4.45. The van der Waals surface area contributed by atoms with E-state index >= 15 is 0 Å². The second kappa shape index (κ2) is 59.1. The molecule has 1 atom stereocenters. The zero-order chi connectivity index (χ0) is 52.2. The molecule has 0 aromatic heterocycles. The highest BCUT2D eigenvalue weighted by Crippen LogP contribution is 2.13. The van der Waals surface area contributed by atoms with Crippen LogP contribution in [0, 0.1) is 0 Å². The molecule has 0 amide bonds. The van der Waals surface area contributed by atoms with Gasteiger partial charge in [-0.2, -0.15) is 0 Å². The van der Waals surface area contributed by atoms with Crippen molar-refractivity contribution in [2.45, 2.75) is 252 Å². The van der Waals surface area contributed by atoms with E-state index in [1.807, 2.05) is 0 Å². The Balaban J connectivity index is 4.40. The van der Waals surface area contributed by atoms with Crippen molar-refractivity contribution in [1.82, 2.24) is 0 Å². The monoisotopic (exact) mass is 995 g/mol. The lowest BCUT2D eigenvalue weighted by Crippen LogP contribution is -2.30. The van der Waals surface area contributed by atoms with E-state index in [9.17, 15) is 14.4 Å². The van der Waals surface area contributed by atoms with E-state index in [1.165, 1.54) is 64.2 Å². The van der Waals surface area contributed by atoms with E-state index in [1.54, 1.807) is 0 Å². The molecule has 0 radical (unpaired) electrons. The Morgan fingerprint density at radius 3 is 0.972 bits per heavy atom. The summed E-state index contributed by atoms with van der Waals surface area (Å²) in [5.41, 5.74) is 0. The van der Waals surface area contributed by atoms with E-state index < -0.39 is 6.10 Å². The number of hydrogen-bond acceptors (Lipinski definition) is 6. The molecule has 0 aromatic carbocycles. The molecule has 0 spiro atoms. The molecule has 0 aliphatic rings. The molecular formula is C66H106O6. The third-order valence-corrected chi connectivity index (χ3v) is 11.8. The normalized spacial score (nSPS) is 13.1. The van der Waals surface area contributed by atoms with Gasteiger partial charge in [0.2, 0.25) is 0 Å². The van der Waals surface area contributed by atoms with Crippen molar-refractivity contribution in [2.75, 3.05) is 13.2 Å². The van der Waals surface area contributed by atoms with Crippen LogP contribution in [0.5, 0.6) is 0 Å². The molecule has 6 heteroatoms. The van der Waals surface area contributed by atoms with Crippen LogP contribution in [0.4, 0.5) is 0 Å². The van der Waals surface area contributed by atoms with Crippen LogP contribution < -0.4 is 0 Å². The molecule has 0 heterocycles. The minimum Gasteiger partial charge on any atom is -0.462 e. The molecule has 0 aliphatic carbocycles. The van der Waals surface area contributed by atoms with Gasteiger partial charge in [-0.05, 0) is 128 Å². The zero-order valence-electron chi connectivity index (χ0n) is 46.4. The fraction of sp³-hybridized carbons (Fsp3) is 0.621. The Morgan fingerprint density at radius 1 is 0.292 bits per heavy atom. The predicted molar refractivity (Wildman–Crippen MR) is 311 cm³/mol. The van der Waals surface area contributed by atoms with Crippen LogP contribution in [0.3, 0.4) is 0 Å². The smallest absolute Gasteiger partial charge is 0.306 e. The average Bonchev–Trinajstić information content (AvgIpc) is 3.38. The molecule has 6 nitrogen and oxygen atoms in total. The van der Waals surface area contributed by atoms with Crippen molar-refractivity contribution in [3.05, 3.63) is 134 Å². The highest BCUT2D eigenvalue weighted by molar-refractivity contribution is 5.71. The SMILES string of the molecule is CC/C=C\C/C=C\C/C=C\C/C=C\C/C=C\C/C=C\C/C=C\C/C=C\C/C=C\CCCC(=O)OCC(COC(=O)CCCCCCC/C=C\CCC)OC(=O)CCCCCCC/C=C\CCCCCCCC. The number of esters is 3. The number of hydrogen-bond donors (Lipinski definition) is 0. The van der Waals surface area contributed by atoms with Crippen LogP contribution in [0.1, 0.15) is 245 Å². The Labute approximate surface area is 443 Å². The summed E-state index contributed by atoms with van der Waals surface area (Å²) in [5.74, 6) is -0.993. The fourth-order valence-electron chi connectivity index (χ4n) is 7.50. The van der Waals surface area contributed by atoms with Gasteiger partial charge in [0.05, 0.1) is 0 Å². The van der Waals surface area contributed by atoms with Gasteiger partial charge in [-0.3, -0.25) is 14.4 Å². The second-order valence-electron chi connectivity index (χ2n) is 18.8. The van der Waals surface area contributed by atoms with Crippen molar-refractivity contribution in [3.63, 3.8) is 0 Å². The van der Waals surface area contributed by atoms with Gasteiger partial charge in [-0.15, -0.1) is 0 Å². The molecule has 0 aromatic rings. The number of carbonyl (C=O) groups is 3. The second-order valence-corrected chi connectivity index (χ2v) is 18.8. The maximum atomic E-state index is 12.8. The van der Waals surface area contributed by atoms with Crippen molar-refractivity contribution < 1.29 is 28.6 Å². The number of allylic oxidation sites excluding steroid dienone is 22. The molecule has 0 fully saturated rings. The molecular weight excluding hydrogens is 889 g/mol. The fourth-order valence-corrected chi connectivity index (χ4v) is 7.50. The summed E-state index contributed by atoms with van der Waals surface area (Å²) in [6, 6.07) is 0. The molecule has 0 aliphatic heterocycles. The van der Waals surface area contributed by atoms with E-state index in [4.69, 9.17) is 14.2 Å². The standard InChI is InChI=1S/C66H106O6/c1-4-7-10-13-16-19-22-24-26-27-28-29-30-31-32-33-34-35-36-37-38-39-41-42-44-47-50-53-56-59-65(68)71-62-63(61-70-64(67)58-55-52-49-46-21-18-15-12-9-6-3)72-66(69)60-57-54-51-48-45-43-40-25-23-20-17-14-11-8-5-2/h7,10,12,15-16,19,24-26,28-29,31-32,34-35,37-38,40-42,47,50,63H,4-6,8-9,11,13-14,17-18,20-23,27,30,33,36,39,43-46,48-49,51-62H2,1-3H3/b10-7-,15-12-,19-16-,26-24-,29-28-,32-31-,35-34-,38-37-,40-25-,42-41-,50-47-. The van der Waals surface area contributed by atoms with Crippen LogP contribution in [0.15, 0.2) is 134 Å². The van der Waals surface area contributed by atoms with E-state index in [0.29, 0.717) is 19.3 Å². The topological polar surface area (TPSA) is 78.9 Å². The van der Waals surface area contributed by atoms with Crippen molar-refractivity contribution >= 4 is 17.9 Å². The van der Waals surface area contributed by atoms with Crippen LogP contribution >= 0.6 is 0 Å². The van der Waals surface area contributed by atoms with Gasteiger partial charge in [-0.1, -0.05) is 231 Å². The summed E-state index contributed by atoms with van der Waals surface area (Å²) < 4.78 is 16.8. The molecule has 0 N–H and O–H groups in total. The largest absolute Gasteiger partial charge is 0.462 e. The van der Waals surface area contributed by atoms with Crippen LogP contribution in [0.25, 0.3) is 0 Å². The zero-order valence-corrected chi connectivity index (χ0v) is 46.4. The molecule has 72 heavy (non-hydrogen) atoms. The summed E-state index contributed by atoms with van der Waals surface area (Å²) >= 11 is 0. The lowest BCUT2D eigenvalue weighted by molar-refractivity contribution is -0.167. The number of rotatable bonds is 51. The number of carbonyl (C=O) groups excluding carboxylic acids is 3. The summed E-state index contributed by atoms with van der Waals surface area (Å²) in [6.45, 7) is 6.38. The van der Waals surface area contributed by atoms with Gasteiger partial charge < -0.3 is 14.2 Å². The highest BCUT2D eigenvalue weighted by atomic mass is 16.6. The molecule has 406 valence electrons. The van der Waals surface area contributed by atoms with Crippen molar-refractivity contribution in [1.29, 1.82) is 0 Å². The third kappa shape index (κ3) is 56.5. The van der Waals surface area contributed by atoms with Crippen LogP contribution in [-0.4, -0.2) is 37.2 Å². The van der Waals surface area contributed by atoms with Gasteiger partial charge in [0.1, 0.15) is 13.2 Å². The lowest BCUT2D eigenvalue weighted by atomic mass is 10.1. The summed E-state index contributed by atoms with van der Waals surface area (Å²) in [6.07, 6.45) is 83.2. The summed E-state index contributed by atoms with van der Waals surface area (Å²) in [4.78, 5) is 38.0. The van der Waals surface area contributed by atoms with Gasteiger partial charge in [0.15, 0.2) is 6.10 Å². The Bertz CT molecular complexity index is 1560.